The van der Waals surface area contributed by atoms with Gasteiger partial charge in [-0.1, -0.05) is 19.9 Å². The monoisotopic (exact) mass is 373 g/mol. The Morgan fingerprint density at radius 2 is 1.93 bits per heavy atom. The average molecular weight is 373 g/mol. The highest BCUT2D eigenvalue weighted by molar-refractivity contribution is 6.16. The number of allylic oxidation sites excluding steroid dienone is 1. The Kier molecular flexibility index (Phi) is 6.66. The zero-order valence-corrected chi connectivity index (χ0v) is 16.8. The second-order valence-electron chi connectivity index (χ2n) is 6.66. The van der Waals surface area contributed by atoms with Crippen molar-refractivity contribution in [3.63, 3.8) is 0 Å². The number of esters is 1. The predicted molar refractivity (Wildman–Crippen MR) is 103 cm³/mol. The maximum absolute atomic E-state index is 13.0. The molecule has 1 aromatic carbocycles. The van der Waals surface area contributed by atoms with Crippen LogP contribution in [0.15, 0.2) is 35.0 Å². The van der Waals surface area contributed by atoms with Gasteiger partial charge >= 0.3 is 5.97 Å². The number of methoxy groups -OCH3 is 2. The van der Waals surface area contributed by atoms with Crippen molar-refractivity contribution in [1.29, 1.82) is 0 Å². The third kappa shape index (κ3) is 4.32. The van der Waals surface area contributed by atoms with Crippen molar-refractivity contribution in [3.05, 3.63) is 40.6 Å². The summed E-state index contributed by atoms with van der Waals surface area (Å²) in [5.41, 5.74) is 1.98. The lowest BCUT2D eigenvalue weighted by atomic mass is 10.0. The van der Waals surface area contributed by atoms with Crippen molar-refractivity contribution in [2.24, 2.45) is 5.92 Å². The zero-order valence-electron chi connectivity index (χ0n) is 16.8. The predicted octanol–water partition coefficient (Wildman–Crippen LogP) is 3.42. The first-order valence-electron chi connectivity index (χ1n) is 8.97. The first kappa shape index (κ1) is 20.6. The van der Waals surface area contributed by atoms with Gasteiger partial charge in [-0.05, 0) is 43.5 Å². The van der Waals surface area contributed by atoms with Gasteiger partial charge in [-0.25, -0.2) is 4.79 Å². The van der Waals surface area contributed by atoms with Crippen molar-refractivity contribution in [2.45, 2.75) is 27.7 Å². The van der Waals surface area contributed by atoms with E-state index in [0.29, 0.717) is 41.5 Å². The number of rotatable bonds is 7. The van der Waals surface area contributed by atoms with Gasteiger partial charge in [0.05, 0.1) is 32.0 Å². The van der Waals surface area contributed by atoms with E-state index in [-0.39, 0.29) is 11.8 Å². The van der Waals surface area contributed by atoms with E-state index in [1.807, 2.05) is 26.8 Å². The van der Waals surface area contributed by atoms with Crippen LogP contribution in [0.1, 0.15) is 33.3 Å². The lowest BCUT2D eigenvalue weighted by Crippen LogP contribution is -2.28. The molecule has 6 heteroatoms. The molecule has 146 valence electrons. The van der Waals surface area contributed by atoms with E-state index in [2.05, 4.69) is 0 Å². The molecule has 0 saturated heterocycles. The van der Waals surface area contributed by atoms with Crippen molar-refractivity contribution in [2.75, 3.05) is 27.4 Å². The number of nitrogens with zero attached hydrogens (tertiary/aromatic N) is 1. The molecule has 1 aromatic rings. The largest absolute Gasteiger partial charge is 0.493 e. The van der Waals surface area contributed by atoms with Crippen molar-refractivity contribution < 1.29 is 23.8 Å². The lowest BCUT2D eigenvalue weighted by Gasteiger charge is -2.19. The van der Waals surface area contributed by atoms with Crippen LogP contribution < -0.4 is 9.47 Å². The summed E-state index contributed by atoms with van der Waals surface area (Å²) in [6.07, 6.45) is 1.69. The molecule has 2 rings (SSSR count). The van der Waals surface area contributed by atoms with E-state index < -0.39 is 5.97 Å². The minimum Gasteiger partial charge on any atom is -0.493 e. The third-order valence-corrected chi connectivity index (χ3v) is 4.25. The summed E-state index contributed by atoms with van der Waals surface area (Å²) in [6.45, 7) is 8.77. The first-order valence-corrected chi connectivity index (χ1v) is 8.97. The Balaban J connectivity index is 2.51. The van der Waals surface area contributed by atoms with E-state index >= 15 is 0 Å². The normalized spacial score (nSPS) is 15.7. The number of hydrogen-bond acceptors (Lipinski definition) is 5. The summed E-state index contributed by atoms with van der Waals surface area (Å²) in [5.74, 6) is 0.746. The van der Waals surface area contributed by atoms with Gasteiger partial charge in [-0.15, -0.1) is 0 Å². The Labute approximate surface area is 160 Å². The molecule has 1 aliphatic rings. The molecule has 1 heterocycles. The van der Waals surface area contributed by atoms with E-state index in [0.717, 1.165) is 5.56 Å². The molecule has 0 spiro atoms. The highest BCUT2D eigenvalue weighted by Crippen LogP contribution is 2.34. The number of hydrogen-bond donors (Lipinski definition) is 0. The van der Waals surface area contributed by atoms with Gasteiger partial charge in [0.1, 0.15) is 0 Å². The van der Waals surface area contributed by atoms with Gasteiger partial charge in [0.15, 0.2) is 11.5 Å². The van der Waals surface area contributed by atoms with Gasteiger partial charge < -0.3 is 19.1 Å². The van der Waals surface area contributed by atoms with Crippen LogP contribution in [0.25, 0.3) is 6.08 Å². The van der Waals surface area contributed by atoms with Crippen LogP contribution in [-0.4, -0.2) is 44.1 Å². The van der Waals surface area contributed by atoms with E-state index in [1.165, 1.54) is 7.11 Å². The van der Waals surface area contributed by atoms with Crippen LogP contribution in [0.4, 0.5) is 0 Å². The van der Waals surface area contributed by atoms with Gasteiger partial charge in [0.25, 0.3) is 5.91 Å². The minimum atomic E-state index is -0.517. The van der Waals surface area contributed by atoms with Gasteiger partial charge in [0.2, 0.25) is 0 Å². The second-order valence-corrected chi connectivity index (χ2v) is 6.66. The molecule has 0 atom stereocenters. The molecule has 0 saturated carbocycles. The molecular formula is C21H27NO5. The number of benzene rings is 1. The Morgan fingerprint density at radius 3 is 2.48 bits per heavy atom. The van der Waals surface area contributed by atoms with E-state index in [4.69, 9.17) is 14.2 Å². The fraction of sp³-hybridized carbons (Fsp3) is 0.429. The van der Waals surface area contributed by atoms with E-state index in [1.54, 1.807) is 37.1 Å². The van der Waals surface area contributed by atoms with Gasteiger partial charge in [-0.2, -0.15) is 0 Å². The van der Waals surface area contributed by atoms with E-state index in [9.17, 15) is 9.59 Å². The van der Waals surface area contributed by atoms with Crippen molar-refractivity contribution >= 4 is 18.0 Å². The number of amides is 1. The molecule has 0 radical (unpaired) electrons. The average Bonchev–Trinajstić information content (AvgIpc) is 2.86. The molecule has 0 N–H and O–H groups in total. The topological polar surface area (TPSA) is 65.1 Å². The second kappa shape index (κ2) is 8.75. The Morgan fingerprint density at radius 1 is 1.22 bits per heavy atom. The summed E-state index contributed by atoms with van der Waals surface area (Å²) in [4.78, 5) is 26.9. The summed E-state index contributed by atoms with van der Waals surface area (Å²) in [5, 5.41) is 0. The third-order valence-electron chi connectivity index (χ3n) is 4.25. The van der Waals surface area contributed by atoms with Crippen molar-refractivity contribution in [1.82, 2.24) is 4.90 Å². The molecule has 0 aromatic heterocycles. The lowest BCUT2D eigenvalue weighted by molar-refractivity contribution is -0.136. The standard InChI is InChI=1S/C21H27NO5/c1-7-27-17-9-8-15(11-18(17)25-5)10-16-19(21(24)26-6)14(4)22(20(16)23)12-13(2)3/h8-11,13H,7,12H2,1-6H3/b16-10-. The quantitative estimate of drug-likeness (QED) is 0.541. The Bertz CT molecular complexity index is 792. The summed E-state index contributed by atoms with van der Waals surface area (Å²) in [7, 11) is 2.87. The molecule has 0 bridgehead atoms. The van der Waals surface area contributed by atoms with Crippen LogP contribution >= 0.6 is 0 Å². The highest BCUT2D eigenvalue weighted by Gasteiger charge is 2.37. The van der Waals surface area contributed by atoms with Crippen molar-refractivity contribution in [3.8, 4) is 11.5 Å². The smallest absolute Gasteiger partial charge is 0.340 e. The van der Waals surface area contributed by atoms with Crippen LogP contribution in [0.5, 0.6) is 11.5 Å². The van der Waals surface area contributed by atoms with Crippen LogP contribution in [0.3, 0.4) is 0 Å². The number of carbonyl (C=O) groups excluding carboxylic acids is 2. The zero-order chi connectivity index (χ0) is 20.1. The molecule has 0 aliphatic carbocycles. The Hall–Kier alpha value is -2.76. The molecule has 27 heavy (non-hydrogen) atoms. The summed E-state index contributed by atoms with van der Waals surface area (Å²) in [6, 6.07) is 5.39. The van der Waals surface area contributed by atoms with Gasteiger partial charge in [0, 0.05) is 12.2 Å². The first-order chi connectivity index (χ1) is 12.8. The maximum atomic E-state index is 13.0. The fourth-order valence-electron chi connectivity index (χ4n) is 3.03. The summed E-state index contributed by atoms with van der Waals surface area (Å²) < 4.78 is 15.8. The fourth-order valence-corrected chi connectivity index (χ4v) is 3.03. The molecule has 0 fully saturated rings. The highest BCUT2D eigenvalue weighted by atomic mass is 16.5. The van der Waals surface area contributed by atoms with Gasteiger partial charge in [-0.3, -0.25) is 4.79 Å². The molecule has 0 unspecified atom stereocenters. The SMILES string of the molecule is CCOc1ccc(/C=C2\C(=O)N(CC(C)C)C(C)=C2C(=O)OC)cc1OC. The molecule has 1 aliphatic heterocycles. The van der Waals surface area contributed by atoms with Crippen LogP contribution in [0.2, 0.25) is 0 Å². The summed E-state index contributed by atoms with van der Waals surface area (Å²) >= 11 is 0. The number of ether oxygens (including phenoxy) is 3. The number of carbonyl (C=O) groups is 2. The van der Waals surface area contributed by atoms with Crippen LogP contribution in [-0.2, 0) is 14.3 Å². The van der Waals surface area contributed by atoms with Crippen LogP contribution in [0, 0.1) is 5.92 Å². The molecule has 1 amide bonds. The maximum Gasteiger partial charge on any atom is 0.340 e. The molecular weight excluding hydrogens is 346 g/mol. The molecule has 6 nitrogen and oxygen atoms in total. The minimum absolute atomic E-state index is 0.200.